The summed E-state index contributed by atoms with van der Waals surface area (Å²) in [6.07, 6.45) is 0. The van der Waals surface area contributed by atoms with Crippen molar-refractivity contribution < 1.29 is 15.0 Å². The van der Waals surface area contributed by atoms with Crippen molar-refractivity contribution in [2.75, 3.05) is 25.4 Å². The van der Waals surface area contributed by atoms with E-state index in [1.807, 2.05) is 11.8 Å². The van der Waals surface area contributed by atoms with Crippen LogP contribution in [0.2, 0.25) is 0 Å². The number of rotatable bonds is 3. The zero-order valence-electron chi connectivity index (χ0n) is 10.3. The molecule has 0 aromatic heterocycles. The highest BCUT2D eigenvalue weighted by molar-refractivity contribution is 7.99. The number of phenols is 2. The molecule has 0 aliphatic carbocycles. The van der Waals surface area contributed by atoms with Gasteiger partial charge >= 0.3 is 0 Å². The summed E-state index contributed by atoms with van der Waals surface area (Å²) in [7, 11) is 0. The molecule has 1 aliphatic heterocycles. The van der Waals surface area contributed by atoms with Gasteiger partial charge in [0.25, 0.3) is 0 Å². The first kappa shape index (κ1) is 13.2. The molecule has 18 heavy (non-hydrogen) atoms. The van der Waals surface area contributed by atoms with Crippen molar-refractivity contribution in [2.24, 2.45) is 0 Å². The summed E-state index contributed by atoms with van der Waals surface area (Å²) < 4.78 is 0. The van der Waals surface area contributed by atoms with Crippen LogP contribution in [0.15, 0.2) is 18.2 Å². The highest BCUT2D eigenvalue weighted by Crippen LogP contribution is 2.25. The molecule has 1 fully saturated rings. The van der Waals surface area contributed by atoms with Crippen molar-refractivity contribution in [3.8, 4) is 11.5 Å². The maximum atomic E-state index is 12.0. The summed E-state index contributed by atoms with van der Waals surface area (Å²) in [6, 6.07) is 4.20. The second-order valence-corrected chi connectivity index (χ2v) is 6.09. The Morgan fingerprint density at radius 2 is 2.22 bits per heavy atom. The van der Waals surface area contributed by atoms with E-state index in [4.69, 9.17) is 0 Å². The molecule has 1 atom stereocenters. The van der Waals surface area contributed by atoms with E-state index >= 15 is 0 Å². The SMILES string of the molecule is CC1CN(CC(=O)c2ccc(O)c(O)c2)CCS1. The Balaban J connectivity index is 2.00. The Morgan fingerprint density at radius 1 is 1.44 bits per heavy atom. The quantitative estimate of drug-likeness (QED) is 0.645. The standard InChI is InChI=1S/C13H17NO3S/c1-9-7-14(4-5-18-9)8-13(17)10-2-3-11(15)12(16)6-10/h2-3,6,9,15-16H,4-5,7-8H2,1H3. The van der Waals surface area contributed by atoms with E-state index in [1.165, 1.54) is 12.1 Å². The maximum absolute atomic E-state index is 12.0. The molecular formula is C13H17NO3S. The molecule has 5 heteroatoms. The average molecular weight is 267 g/mol. The summed E-state index contributed by atoms with van der Waals surface area (Å²) in [5, 5.41) is 19.1. The van der Waals surface area contributed by atoms with Gasteiger partial charge in [-0.25, -0.2) is 0 Å². The van der Waals surface area contributed by atoms with E-state index in [9.17, 15) is 15.0 Å². The number of hydrogen-bond donors (Lipinski definition) is 2. The number of Topliss-reactive ketones (excluding diaryl/α,β-unsaturated/α-hetero) is 1. The van der Waals surface area contributed by atoms with Crippen LogP contribution in [0.5, 0.6) is 11.5 Å². The van der Waals surface area contributed by atoms with Gasteiger partial charge in [0, 0.05) is 29.7 Å². The Morgan fingerprint density at radius 3 is 2.89 bits per heavy atom. The molecule has 98 valence electrons. The smallest absolute Gasteiger partial charge is 0.176 e. The lowest BCUT2D eigenvalue weighted by molar-refractivity contribution is 0.0933. The van der Waals surface area contributed by atoms with Crippen molar-refractivity contribution in [3.63, 3.8) is 0 Å². The third-order valence-electron chi connectivity index (χ3n) is 2.99. The largest absolute Gasteiger partial charge is 0.504 e. The van der Waals surface area contributed by atoms with Crippen LogP contribution in [-0.2, 0) is 0 Å². The molecule has 0 amide bonds. The molecule has 0 spiro atoms. The van der Waals surface area contributed by atoms with Crippen molar-refractivity contribution in [3.05, 3.63) is 23.8 Å². The second kappa shape index (κ2) is 5.63. The van der Waals surface area contributed by atoms with Gasteiger partial charge in [-0.3, -0.25) is 9.69 Å². The van der Waals surface area contributed by atoms with Crippen LogP contribution < -0.4 is 0 Å². The molecule has 2 N–H and O–H groups in total. The van der Waals surface area contributed by atoms with Gasteiger partial charge in [-0.15, -0.1) is 0 Å². The third kappa shape index (κ3) is 3.17. The molecule has 1 heterocycles. The first-order chi connectivity index (χ1) is 8.56. The number of aromatic hydroxyl groups is 2. The van der Waals surface area contributed by atoms with Crippen molar-refractivity contribution in [1.29, 1.82) is 0 Å². The van der Waals surface area contributed by atoms with E-state index in [0.717, 1.165) is 18.8 Å². The van der Waals surface area contributed by atoms with Gasteiger partial charge in [-0.2, -0.15) is 11.8 Å². The van der Waals surface area contributed by atoms with Gasteiger partial charge in [0.15, 0.2) is 17.3 Å². The van der Waals surface area contributed by atoms with Crippen LogP contribution >= 0.6 is 11.8 Å². The van der Waals surface area contributed by atoms with Crippen LogP contribution in [0.4, 0.5) is 0 Å². The fourth-order valence-electron chi connectivity index (χ4n) is 2.03. The highest BCUT2D eigenvalue weighted by Gasteiger charge is 2.19. The average Bonchev–Trinajstić information content (AvgIpc) is 2.32. The molecule has 0 bridgehead atoms. The summed E-state index contributed by atoms with van der Waals surface area (Å²) in [6.45, 7) is 4.37. The van der Waals surface area contributed by atoms with Crippen LogP contribution in [0.25, 0.3) is 0 Å². The number of carbonyl (C=O) groups excluding carboxylic acids is 1. The Labute approximate surface area is 111 Å². The number of nitrogens with zero attached hydrogens (tertiary/aromatic N) is 1. The third-order valence-corrected chi connectivity index (χ3v) is 4.13. The molecule has 1 aliphatic rings. The van der Waals surface area contributed by atoms with Crippen LogP contribution in [0.1, 0.15) is 17.3 Å². The van der Waals surface area contributed by atoms with Crippen LogP contribution in [-0.4, -0.2) is 51.5 Å². The molecule has 1 saturated heterocycles. The highest BCUT2D eigenvalue weighted by atomic mass is 32.2. The van der Waals surface area contributed by atoms with E-state index in [1.54, 1.807) is 6.07 Å². The van der Waals surface area contributed by atoms with E-state index < -0.39 is 0 Å². The van der Waals surface area contributed by atoms with E-state index in [0.29, 0.717) is 17.4 Å². The first-order valence-electron chi connectivity index (χ1n) is 5.95. The minimum absolute atomic E-state index is 0.0237. The van der Waals surface area contributed by atoms with E-state index in [-0.39, 0.29) is 17.3 Å². The number of carbonyl (C=O) groups is 1. The van der Waals surface area contributed by atoms with Crippen molar-refractivity contribution in [2.45, 2.75) is 12.2 Å². The zero-order valence-corrected chi connectivity index (χ0v) is 11.1. The van der Waals surface area contributed by atoms with Crippen molar-refractivity contribution >= 4 is 17.5 Å². The van der Waals surface area contributed by atoms with E-state index in [2.05, 4.69) is 11.8 Å². The molecule has 1 aromatic carbocycles. The molecule has 1 aromatic rings. The van der Waals surface area contributed by atoms with Gasteiger partial charge in [0.05, 0.1) is 6.54 Å². The lowest BCUT2D eigenvalue weighted by Gasteiger charge is -2.29. The Hall–Kier alpha value is -1.20. The Bertz CT molecular complexity index is 450. The van der Waals surface area contributed by atoms with Crippen LogP contribution in [0.3, 0.4) is 0 Å². The maximum Gasteiger partial charge on any atom is 0.176 e. The topological polar surface area (TPSA) is 60.8 Å². The number of phenolic OH excluding ortho intramolecular Hbond substituents is 2. The summed E-state index contributed by atoms with van der Waals surface area (Å²) >= 11 is 1.92. The summed E-state index contributed by atoms with van der Waals surface area (Å²) in [4.78, 5) is 14.2. The van der Waals surface area contributed by atoms with Crippen LogP contribution in [0, 0.1) is 0 Å². The van der Waals surface area contributed by atoms with Gasteiger partial charge in [-0.05, 0) is 18.2 Å². The number of ketones is 1. The predicted octanol–water partition coefficient (Wildman–Crippen LogP) is 1.72. The normalized spacial score (nSPS) is 20.8. The lowest BCUT2D eigenvalue weighted by atomic mass is 10.1. The zero-order chi connectivity index (χ0) is 13.1. The minimum atomic E-state index is -0.247. The second-order valence-electron chi connectivity index (χ2n) is 4.54. The predicted molar refractivity (Wildman–Crippen MR) is 72.5 cm³/mol. The fraction of sp³-hybridized carbons (Fsp3) is 0.462. The van der Waals surface area contributed by atoms with Crippen molar-refractivity contribution in [1.82, 2.24) is 4.90 Å². The number of thioether (sulfide) groups is 1. The molecule has 4 nitrogen and oxygen atoms in total. The molecular weight excluding hydrogens is 250 g/mol. The van der Waals surface area contributed by atoms with Gasteiger partial charge < -0.3 is 10.2 Å². The fourth-order valence-corrected chi connectivity index (χ4v) is 3.11. The molecule has 1 unspecified atom stereocenters. The lowest BCUT2D eigenvalue weighted by Crippen LogP contribution is -2.39. The molecule has 0 radical (unpaired) electrons. The summed E-state index contributed by atoms with van der Waals surface area (Å²) in [5.74, 6) is 0.581. The van der Waals surface area contributed by atoms with Gasteiger partial charge in [0.2, 0.25) is 0 Å². The molecule has 2 rings (SSSR count). The first-order valence-corrected chi connectivity index (χ1v) is 7.00. The summed E-state index contributed by atoms with van der Waals surface area (Å²) in [5.41, 5.74) is 0.441. The monoisotopic (exact) mass is 267 g/mol. The molecule has 0 saturated carbocycles. The van der Waals surface area contributed by atoms with Gasteiger partial charge in [-0.1, -0.05) is 6.92 Å². The van der Waals surface area contributed by atoms with Gasteiger partial charge in [0.1, 0.15) is 0 Å². The number of benzene rings is 1. The Kier molecular flexibility index (Phi) is 4.14. The minimum Gasteiger partial charge on any atom is -0.504 e. The number of hydrogen-bond acceptors (Lipinski definition) is 5.